The normalized spacial score (nSPS) is 26.9. The monoisotopic (exact) mass is 298 g/mol. The molecule has 2 amide bonds. The third-order valence-corrected chi connectivity index (χ3v) is 2.82. The number of carbonyl (C=O) groups is 2. The van der Waals surface area contributed by atoms with Gasteiger partial charge < -0.3 is 4.74 Å². The summed E-state index contributed by atoms with van der Waals surface area (Å²) in [5.41, 5.74) is -0.786. The number of rotatable bonds is 4. The van der Waals surface area contributed by atoms with Gasteiger partial charge in [0.25, 0.3) is 0 Å². The average molecular weight is 298 g/mol. The number of ether oxygens (including phenoxy) is 1. The van der Waals surface area contributed by atoms with Crippen LogP contribution in [0, 0.1) is 11.6 Å². The maximum atomic E-state index is 14.4. The molecule has 1 atom stereocenters. The predicted octanol–water partition coefficient (Wildman–Crippen LogP) is 2.49. The Labute approximate surface area is 125 Å². The van der Waals surface area contributed by atoms with Gasteiger partial charge in [-0.05, 0) is 37.1 Å². The van der Waals surface area contributed by atoms with E-state index in [1.807, 2.05) is 0 Å². The number of piperidine rings is 1. The van der Waals surface area contributed by atoms with Crippen LogP contribution in [-0.4, -0.2) is 18.4 Å². The summed E-state index contributed by atoms with van der Waals surface area (Å²) in [6.45, 7) is 2.11. The Morgan fingerprint density at radius 3 is 2.76 bits per heavy atom. The largest absolute Gasteiger partial charge is 0.501 e. The van der Waals surface area contributed by atoms with Crippen LogP contribution in [0.4, 0.5) is 8.78 Å². The minimum atomic E-state index is -2.60. The Hall–Kier alpha value is -2.24. The molecule has 0 bridgehead atoms. The number of hydrogen-bond acceptors (Lipinski definition) is 3. The van der Waals surface area contributed by atoms with Gasteiger partial charge in [0.05, 0.1) is 18.8 Å². The van der Waals surface area contributed by atoms with E-state index in [1.165, 1.54) is 12.3 Å². The number of carbonyl (C=O) groups excluding carboxylic acids is 2. The van der Waals surface area contributed by atoms with Crippen molar-refractivity contribution < 1.29 is 27.2 Å². The predicted molar refractivity (Wildman–Crippen MR) is 72.1 cm³/mol. The van der Waals surface area contributed by atoms with Crippen molar-refractivity contribution in [3.8, 4) is 0 Å². The molecule has 1 heterocycles. The van der Waals surface area contributed by atoms with Crippen LogP contribution >= 0.6 is 0 Å². The molecule has 4 nitrogen and oxygen atoms in total. The molecule has 0 aliphatic carbocycles. The van der Waals surface area contributed by atoms with Crippen LogP contribution in [0.2, 0.25) is 0 Å². The average Bonchev–Trinajstić information content (AvgIpc) is 2.44. The molecule has 1 aromatic rings. The second-order valence-electron chi connectivity index (χ2n) is 4.23. The van der Waals surface area contributed by atoms with Gasteiger partial charge >= 0.3 is 0 Å². The van der Waals surface area contributed by atoms with Crippen molar-refractivity contribution in [3.63, 3.8) is 0 Å². The van der Waals surface area contributed by atoms with E-state index in [1.54, 1.807) is 12.2 Å². The molecule has 2 rings (SSSR count). The summed E-state index contributed by atoms with van der Waals surface area (Å²) in [4.78, 5) is 23.4. The number of hydrogen-bond donors (Lipinski definition) is 1. The van der Waals surface area contributed by atoms with E-state index in [4.69, 9.17) is 8.85 Å². The Kier molecular flexibility index (Phi) is 3.52. The highest BCUT2D eigenvalue weighted by Crippen LogP contribution is 2.30. The molecule has 21 heavy (non-hydrogen) atoms. The summed E-state index contributed by atoms with van der Waals surface area (Å²) in [5, 5.41) is 1.66. The zero-order chi connectivity index (χ0) is 18.1. The Morgan fingerprint density at radius 1 is 1.48 bits per heavy atom. The van der Waals surface area contributed by atoms with E-state index < -0.39 is 47.7 Å². The molecule has 6 heteroatoms. The minimum Gasteiger partial charge on any atom is -0.501 e. The minimum absolute atomic E-state index is 0.112. The van der Waals surface area contributed by atoms with E-state index >= 15 is 0 Å². The Balaban J connectivity index is 2.47. The second kappa shape index (κ2) is 6.47. The third-order valence-electron chi connectivity index (χ3n) is 2.82. The van der Waals surface area contributed by atoms with E-state index in [0.717, 1.165) is 12.1 Å². The molecule has 112 valence electrons. The Bertz CT molecular complexity index is 701. The fourth-order valence-electron chi connectivity index (χ4n) is 1.87. The number of amides is 2. The summed E-state index contributed by atoms with van der Waals surface area (Å²) in [6, 6.07) is 1.81. The topological polar surface area (TPSA) is 55.4 Å². The van der Waals surface area contributed by atoms with Crippen LogP contribution < -0.4 is 5.32 Å². The number of halogens is 2. The van der Waals surface area contributed by atoms with Gasteiger partial charge in [0, 0.05) is 16.0 Å². The highest BCUT2D eigenvalue weighted by molar-refractivity contribution is 6.01. The van der Waals surface area contributed by atoms with Crippen molar-refractivity contribution in [1.29, 1.82) is 0 Å². The van der Waals surface area contributed by atoms with Crippen molar-refractivity contribution in [2.45, 2.75) is 25.6 Å². The lowest BCUT2D eigenvalue weighted by Gasteiger charge is -2.22. The summed E-state index contributed by atoms with van der Waals surface area (Å²) >= 11 is 0. The van der Waals surface area contributed by atoms with Crippen LogP contribution in [-0.2, 0) is 14.3 Å². The van der Waals surface area contributed by atoms with Crippen molar-refractivity contribution in [2.24, 2.45) is 0 Å². The first-order valence-electron chi connectivity index (χ1n) is 7.75. The van der Waals surface area contributed by atoms with Gasteiger partial charge in [-0.25, -0.2) is 8.78 Å². The lowest BCUT2D eigenvalue weighted by Crippen LogP contribution is -2.40. The van der Waals surface area contributed by atoms with Gasteiger partial charge in [0.1, 0.15) is 11.6 Å². The molecule has 1 unspecified atom stereocenters. The third kappa shape index (κ3) is 3.45. The molecule has 1 saturated heterocycles. The number of imide groups is 1. The number of benzene rings is 1. The molecule has 1 aromatic carbocycles. The zero-order valence-electron chi connectivity index (χ0n) is 14.2. The van der Waals surface area contributed by atoms with E-state index in [0.29, 0.717) is 6.61 Å². The van der Waals surface area contributed by atoms with Crippen LogP contribution in [0.25, 0.3) is 6.08 Å². The van der Waals surface area contributed by atoms with Gasteiger partial charge in [-0.3, -0.25) is 14.9 Å². The van der Waals surface area contributed by atoms with E-state index in [-0.39, 0.29) is 5.56 Å². The molecular weight excluding hydrogens is 280 g/mol. The van der Waals surface area contributed by atoms with Gasteiger partial charge in [0.15, 0.2) is 0 Å². The zero-order valence-corrected chi connectivity index (χ0v) is 11.2. The van der Waals surface area contributed by atoms with Gasteiger partial charge in [-0.1, -0.05) is 0 Å². The Morgan fingerprint density at radius 2 is 2.14 bits per heavy atom. The highest BCUT2D eigenvalue weighted by atomic mass is 19.1. The van der Waals surface area contributed by atoms with E-state index in [9.17, 15) is 18.4 Å². The highest BCUT2D eigenvalue weighted by Gasteiger charge is 2.32. The summed E-state index contributed by atoms with van der Waals surface area (Å²) in [7, 11) is 0. The maximum absolute atomic E-state index is 14.4. The number of nitrogens with one attached hydrogen (secondary N) is 1. The van der Waals surface area contributed by atoms with Crippen molar-refractivity contribution >= 4 is 17.9 Å². The summed E-state index contributed by atoms with van der Waals surface area (Å²) in [5.74, 6) is -7.44. The standard InChI is InChI=1S/C15H15F2NO3/c1-2-21-6-5-9-7-11(16)14(12(17)8-9)10-3-4-13(19)18-15(10)20/h5-8,10H,2-4H2,1H3,(H,18,19,20)/b6-5+/i4D2,10D. The fraction of sp³-hybridized carbons (Fsp3) is 0.333. The smallest absolute Gasteiger partial charge is 0.234 e. The first-order valence-corrected chi connectivity index (χ1v) is 6.25. The molecule has 0 saturated carbocycles. The van der Waals surface area contributed by atoms with Gasteiger partial charge in [-0.15, -0.1) is 0 Å². The lowest BCUT2D eigenvalue weighted by atomic mass is 9.89. The van der Waals surface area contributed by atoms with Crippen LogP contribution in [0.3, 0.4) is 0 Å². The molecule has 0 aromatic heterocycles. The van der Waals surface area contributed by atoms with Crippen molar-refractivity contribution in [3.05, 3.63) is 41.2 Å². The van der Waals surface area contributed by atoms with Crippen molar-refractivity contribution in [2.75, 3.05) is 6.61 Å². The first-order chi connectivity index (χ1) is 11.1. The van der Waals surface area contributed by atoms with Gasteiger partial charge in [-0.2, -0.15) is 0 Å². The molecule has 0 radical (unpaired) electrons. The van der Waals surface area contributed by atoms with Crippen LogP contribution in [0.5, 0.6) is 0 Å². The fourth-order valence-corrected chi connectivity index (χ4v) is 1.87. The molecule has 1 aliphatic rings. The van der Waals surface area contributed by atoms with Crippen LogP contribution in [0.1, 0.15) is 40.9 Å². The first kappa shape index (κ1) is 11.4. The molecular formula is C15H15F2NO3. The maximum Gasteiger partial charge on any atom is 0.234 e. The molecule has 1 fully saturated rings. The lowest BCUT2D eigenvalue weighted by molar-refractivity contribution is -0.134. The quantitative estimate of drug-likeness (QED) is 0.686. The molecule has 0 spiro atoms. The second-order valence-corrected chi connectivity index (χ2v) is 4.23. The van der Waals surface area contributed by atoms with E-state index in [2.05, 4.69) is 0 Å². The molecule has 1 aliphatic heterocycles. The van der Waals surface area contributed by atoms with Gasteiger partial charge in [0.2, 0.25) is 11.8 Å². The van der Waals surface area contributed by atoms with Crippen molar-refractivity contribution in [1.82, 2.24) is 5.32 Å². The summed E-state index contributed by atoms with van der Waals surface area (Å²) in [6.07, 6.45) is -1.02. The summed E-state index contributed by atoms with van der Waals surface area (Å²) < 4.78 is 56.8. The SMILES string of the molecule is [2H]C1([2H])CC([2H])(c2c(F)cc(/C=C/OCC)cc2F)C(=O)NC1=O. The molecule has 1 N–H and O–H groups in total. The van der Waals surface area contributed by atoms with Crippen LogP contribution in [0.15, 0.2) is 18.4 Å².